The van der Waals surface area contributed by atoms with Crippen molar-refractivity contribution in [1.29, 1.82) is 0 Å². The molecule has 0 radical (unpaired) electrons. The van der Waals surface area contributed by atoms with Crippen LogP contribution >= 0.6 is 23.2 Å². The summed E-state index contributed by atoms with van der Waals surface area (Å²) in [6.07, 6.45) is -0.0611. The van der Waals surface area contributed by atoms with E-state index in [1.54, 1.807) is 56.6 Å². The standard InChI is InChI=1S/C30H29Cl2FN4O4/c1-16-4-7-19(33)14-20(16)27-30(22-8-5-18(32)13-24(22)35-28(30)39)23(15-26(38)36-27)21-12-17(31)6-9-25(21)41-11-10-34-29(40)37(2)3/h4-9,12-14,23,27H,10-11,15H2,1-3H3,(H,34,40)(H,35,39)(H,36,38)/t23-,27+,30?/m1/s1. The number of carbonyl (C=O) groups excluding carboxylic acids is 3. The minimum Gasteiger partial charge on any atom is -0.491 e. The molecule has 1 spiro atoms. The number of fused-ring (bicyclic) bond motifs is 2. The largest absolute Gasteiger partial charge is 0.491 e. The maximum atomic E-state index is 14.6. The van der Waals surface area contributed by atoms with Gasteiger partial charge in [-0.2, -0.15) is 0 Å². The van der Waals surface area contributed by atoms with Gasteiger partial charge in [0.1, 0.15) is 23.6 Å². The third kappa shape index (κ3) is 5.20. The molecule has 3 aromatic carbocycles. The summed E-state index contributed by atoms with van der Waals surface area (Å²) in [6.45, 7) is 2.16. The number of urea groups is 1. The van der Waals surface area contributed by atoms with Crippen molar-refractivity contribution in [3.8, 4) is 5.75 Å². The van der Waals surface area contributed by atoms with E-state index in [1.807, 2.05) is 6.92 Å². The topological polar surface area (TPSA) is 99.8 Å². The van der Waals surface area contributed by atoms with E-state index < -0.39 is 23.2 Å². The molecule has 2 heterocycles. The van der Waals surface area contributed by atoms with Crippen LogP contribution in [0.1, 0.15) is 40.6 Å². The predicted octanol–water partition coefficient (Wildman–Crippen LogP) is 5.33. The smallest absolute Gasteiger partial charge is 0.316 e. The Morgan fingerprint density at radius 1 is 1.07 bits per heavy atom. The number of anilines is 1. The fraction of sp³-hybridized carbons (Fsp3) is 0.300. The van der Waals surface area contributed by atoms with Crippen LogP contribution in [-0.4, -0.2) is 50.0 Å². The molecule has 11 heteroatoms. The lowest BCUT2D eigenvalue weighted by molar-refractivity contribution is -0.131. The van der Waals surface area contributed by atoms with Gasteiger partial charge in [0.05, 0.1) is 12.6 Å². The highest BCUT2D eigenvalue weighted by molar-refractivity contribution is 6.31. The lowest BCUT2D eigenvalue weighted by atomic mass is 9.59. The SMILES string of the molecule is Cc1ccc(F)cc1[C@@H]1NC(=O)C[C@H](c2cc(Cl)ccc2OCCNC(=O)N(C)C)C12C(=O)Nc1cc(Cl)ccc12. The molecule has 2 aliphatic rings. The molecule has 41 heavy (non-hydrogen) atoms. The van der Waals surface area contributed by atoms with Crippen LogP contribution in [0.25, 0.3) is 0 Å². The van der Waals surface area contributed by atoms with Crippen molar-refractivity contribution in [2.75, 3.05) is 32.6 Å². The van der Waals surface area contributed by atoms with Gasteiger partial charge in [-0.25, -0.2) is 9.18 Å². The van der Waals surface area contributed by atoms with Crippen LogP contribution in [0.4, 0.5) is 14.9 Å². The Morgan fingerprint density at radius 2 is 1.80 bits per heavy atom. The molecule has 3 N–H and O–H groups in total. The number of ether oxygens (including phenoxy) is 1. The van der Waals surface area contributed by atoms with Crippen molar-refractivity contribution in [2.45, 2.75) is 30.7 Å². The van der Waals surface area contributed by atoms with Crippen molar-refractivity contribution < 1.29 is 23.5 Å². The molecule has 214 valence electrons. The van der Waals surface area contributed by atoms with E-state index in [0.29, 0.717) is 43.7 Å². The van der Waals surface area contributed by atoms with Gasteiger partial charge in [-0.05, 0) is 66.1 Å². The Bertz CT molecular complexity index is 1550. The normalized spacial score (nSPS) is 21.2. The number of rotatable bonds is 6. The maximum absolute atomic E-state index is 14.6. The number of carbonyl (C=O) groups is 3. The van der Waals surface area contributed by atoms with Crippen LogP contribution in [0.5, 0.6) is 5.75 Å². The second-order valence-corrected chi connectivity index (χ2v) is 11.3. The van der Waals surface area contributed by atoms with E-state index in [2.05, 4.69) is 16.0 Å². The van der Waals surface area contributed by atoms with Gasteiger partial charge in [0.25, 0.3) is 0 Å². The zero-order valence-electron chi connectivity index (χ0n) is 22.7. The molecule has 1 unspecified atom stereocenters. The molecule has 1 fully saturated rings. The van der Waals surface area contributed by atoms with Crippen LogP contribution < -0.4 is 20.7 Å². The molecule has 2 aliphatic heterocycles. The molecule has 3 aromatic rings. The first-order valence-electron chi connectivity index (χ1n) is 13.1. The highest BCUT2D eigenvalue weighted by Crippen LogP contribution is 2.59. The van der Waals surface area contributed by atoms with Crippen molar-refractivity contribution in [1.82, 2.24) is 15.5 Å². The maximum Gasteiger partial charge on any atom is 0.316 e. The first-order chi connectivity index (χ1) is 19.5. The number of aryl methyl sites for hydroxylation is 1. The summed E-state index contributed by atoms with van der Waals surface area (Å²) in [4.78, 5) is 41.0. The van der Waals surface area contributed by atoms with Gasteiger partial charge >= 0.3 is 6.03 Å². The van der Waals surface area contributed by atoms with E-state index in [-0.39, 0.29) is 37.4 Å². The van der Waals surface area contributed by atoms with Crippen LogP contribution in [0.15, 0.2) is 54.6 Å². The predicted molar refractivity (Wildman–Crippen MR) is 155 cm³/mol. The van der Waals surface area contributed by atoms with Gasteiger partial charge < -0.3 is 25.6 Å². The van der Waals surface area contributed by atoms with Gasteiger partial charge in [-0.1, -0.05) is 35.3 Å². The third-order valence-electron chi connectivity index (χ3n) is 7.69. The number of hydrogen-bond donors (Lipinski definition) is 3. The molecular formula is C30H29Cl2FN4O4. The zero-order chi connectivity index (χ0) is 29.5. The number of nitrogens with zero attached hydrogens (tertiary/aromatic N) is 1. The summed E-state index contributed by atoms with van der Waals surface area (Å²) in [5.41, 5.74) is 1.48. The van der Waals surface area contributed by atoms with Crippen molar-refractivity contribution in [3.63, 3.8) is 0 Å². The van der Waals surface area contributed by atoms with Crippen LogP contribution in [-0.2, 0) is 15.0 Å². The average molecular weight is 599 g/mol. The molecule has 4 amide bonds. The average Bonchev–Trinajstić information content (AvgIpc) is 3.20. The Hall–Kier alpha value is -3.82. The Kier molecular flexibility index (Phi) is 7.85. The second-order valence-electron chi connectivity index (χ2n) is 10.4. The minimum absolute atomic E-state index is 0.0611. The van der Waals surface area contributed by atoms with Gasteiger partial charge in [0, 0.05) is 47.7 Å². The first-order valence-corrected chi connectivity index (χ1v) is 13.8. The minimum atomic E-state index is -1.39. The van der Waals surface area contributed by atoms with E-state index in [0.717, 1.165) is 0 Å². The molecule has 5 rings (SSSR count). The second kappa shape index (κ2) is 11.2. The first kappa shape index (κ1) is 28.7. The van der Waals surface area contributed by atoms with Gasteiger partial charge in [-0.3, -0.25) is 9.59 Å². The lowest BCUT2D eigenvalue weighted by Crippen LogP contribution is -2.57. The zero-order valence-corrected chi connectivity index (χ0v) is 24.2. The summed E-state index contributed by atoms with van der Waals surface area (Å²) in [5, 5.41) is 9.53. The quantitative estimate of drug-likeness (QED) is 0.334. The van der Waals surface area contributed by atoms with Gasteiger partial charge in [0.15, 0.2) is 0 Å². The molecule has 0 aliphatic carbocycles. The molecular weight excluding hydrogens is 570 g/mol. The van der Waals surface area contributed by atoms with E-state index in [1.165, 1.54) is 17.0 Å². The van der Waals surface area contributed by atoms with Crippen LogP contribution in [0.3, 0.4) is 0 Å². The molecule has 0 aromatic heterocycles. The number of halogens is 3. The summed E-state index contributed by atoms with van der Waals surface area (Å²) < 4.78 is 20.7. The Labute approximate surface area is 247 Å². The third-order valence-corrected chi connectivity index (χ3v) is 8.16. The number of benzene rings is 3. The van der Waals surface area contributed by atoms with E-state index >= 15 is 0 Å². The monoisotopic (exact) mass is 598 g/mol. The number of amides is 4. The molecule has 0 bridgehead atoms. The Balaban J connectivity index is 1.67. The number of nitrogens with one attached hydrogen (secondary N) is 3. The van der Waals surface area contributed by atoms with Crippen LogP contribution in [0, 0.1) is 12.7 Å². The molecule has 0 saturated carbocycles. The lowest BCUT2D eigenvalue weighted by Gasteiger charge is -2.47. The van der Waals surface area contributed by atoms with Gasteiger partial charge in [-0.15, -0.1) is 0 Å². The summed E-state index contributed by atoms with van der Waals surface area (Å²) in [7, 11) is 3.27. The highest BCUT2D eigenvalue weighted by atomic mass is 35.5. The summed E-state index contributed by atoms with van der Waals surface area (Å²) in [6, 6.07) is 13.3. The van der Waals surface area contributed by atoms with Crippen molar-refractivity contribution in [3.05, 3.63) is 92.7 Å². The van der Waals surface area contributed by atoms with E-state index in [9.17, 15) is 18.8 Å². The van der Waals surface area contributed by atoms with Crippen LogP contribution in [0.2, 0.25) is 10.0 Å². The molecule has 1 saturated heterocycles. The number of piperidine rings is 1. The summed E-state index contributed by atoms with van der Waals surface area (Å²) >= 11 is 12.8. The number of hydrogen-bond acceptors (Lipinski definition) is 4. The fourth-order valence-corrected chi connectivity index (χ4v) is 6.20. The molecule has 3 atom stereocenters. The highest BCUT2D eigenvalue weighted by Gasteiger charge is 2.61. The Morgan fingerprint density at radius 3 is 2.56 bits per heavy atom. The van der Waals surface area contributed by atoms with E-state index in [4.69, 9.17) is 27.9 Å². The van der Waals surface area contributed by atoms with Gasteiger partial charge in [0.2, 0.25) is 11.8 Å². The molecule has 8 nitrogen and oxygen atoms in total. The summed E-state index contributed by atoms with van der Waals surface area (Å²) in [5.74, 6) is -1.50. The van der Waals surface area contributed by atoms with Crippen molar-refractivity contribution >= 4 is 46.7 Å². The van der Waals surface area contributed by atoms with Crippen molar-refractivity contribution in [2.24, 2.45) is 0 Å². The fourth-order valence-electron chi connectivity index (χ4n) is 5.84.